The molecular weight excluding hydrogens is 292 g/mol. The Kier molecular flexibility index (Phi) is 5.35. The lowest BCUT2D eigenvalue weighted by molar-refractivity contribution is 0.570. The van der Waals surface area contributed by atoms with Gasteiger partial charge in [-0.15, -0.1) is 0 Å². The Morgan fingerprint density at radius 3 is 2.50 bits per heavy atom. The second-order valence-corrected chi connectivity index (χ2v) is 8.22. The summed E-state index contributed by atoms with van der Waals surface area (Å²) in [5.74, 6) is 2.37. The number of anilines is 1. The lowest BCUT2D eigenvalue weighted by atomic mass is 10.2. The van der Waals surface area contributed by atoms with Crippen LogP contribution in [0.5, 0.6) is 0 Å². The van der Waals surface area contributed by atoms with Gasteiger partial charge in [0.1, 0.15) is 0 Å². The molecule has 1 aromatic carbocycles. The van der Waals surface area contributed by atoms with E-state index in [1.165, 1.54) is 18.6 Å². The number of hydrogen-bond donors (Lipinski definition) is 2. The average Bonchev–Trinajstić information content (AvgIpc) is 2.39. The smallest absolute Gasteiger partial charge is 0.240 e. The molecule has 1 atom stereocenters. The first-order valence-corrected chi connectivity index (χ1v) is 9.58. The molecule has 4 nitrogen and oxygen atoms in total. The van der Waals surface area contributed by atoms with Gasteiger partial charge in [-0.3, -0.25) is 0 Å². The van der Waals surface area contributed by atoms with Crippen LogP contribution in [-0.4, -0.2) is 32.0 Å². The molecule has 1 unspecified atom stereocenters. The Morgan fingerprint density at radius 2 is 1.95 bits per heavy atom. The fraction of sp³-hybridized carbons (Fsp3) is 0.571. The first kappa shape index (κ1) is 15.7. The zero-order valence-electron chi connectivity index (χ0n) is 11.9. The molecule has 1 heterocycles. The lowest BCUT2D eigenvalue weighted by Crippen LogP contribution is -2.30. The predicted molar refractivity (Wildman–Crippen MR) is 85.9 cm³/mol. The van der Waals surface area contributed by atoms with Crippen LogP contribution in [-0.2, 0) is 10.0 Å². The van der Waals surface area contributed by atoms with Crippen LogP contribution in [0.1, 0.15) is 26.7 Å². The third-order valence-electron chi connectivity index (χ3n) is 3.09. The first-order valence-electron chi connectivity index (χ1n) is 6.94. The minimum Gasteiger partial charge on any atom is -0.381 e. The van der Waals surface area contributed by atoms with Gasteiger partial charge in [-0.2, -0.15) is 11.8 Å². The predicted octanol–water partition coefficient (Wildman–Crippen LogP) is 2.68. The number of nitrogens with one attached hydrogen (secondary N) is 2. The first-order chi connectivity index (χ1) is 9.47. The van der Waals surface area contributed by atoms with E-state index < -0.39 is 10.0 Å². The van der Waals surface area contributed by atoms with E-state index in [1.54, 1.807) is 12.1 Å². The third kappa shape index (κ3) is 4.40. The summed E-state index contributed by atoms with van der Waals surface area (Å²) in [6.45, 7) is 3.63. The maximum atomic E-state index is 12.0. The van der Waals surface area contributed by atoms with Crippen molar-refractivity contribution in [2.24, 2.45) is 0 Å². The number of thioether (sulfide) groups is 1. The van der Waals surface area contributed by atoms with Gasteiger partial charge < -0.3 is 5.32 Å². The van der Waals surface area contributed by atoms with Crippen LogP contribution in [0.3, 0.4) is 0 Å². The highest BCUT2D eigenvalue weighted by atomic mass is 32.2. The molecular formula is C14H22N2O2S2. The molecule has 1 fully saturated rings. The topological polar surface area (TPSA) is 58.2 Å². The lowest BCUT2D eigenvalue weighted by Gasteiger charge is -2.23. The molecule has 20 heavy (non-hydrogen) atoms. The summed E-state index contributed by atoms with van der Waals surface area (Å²) >= 11 is 1.97. The standard InChI is InChI=1S/C14H22N2O2S2/c1-11(2)16-20(17,18)14-7-5-12(6-8-14)15-13-4-3-9-19-10-13/h5-8,11,13,15-16H,3-4,9-10H2,1-2H3. The molecule has 2 rings (SSSR count). The molecule has 6 heteroatoms. The summed E-state index contributed by atoms with van der Waals surface area (Å²) in [6.07, 6.45) is 2.43. The molecule has 1 aliphatic heterocycles. The quantitative estimate of drug-likeness (QED) is 0.877. The van der Waals surface area contributed by atoms with E-state index in [1.807, 2.05) is 37.7 Å². The molecule has 0 amide bonds. The zero-order chi connectivity index (χ0) is 14.6. The van der Waals surface area contributed by atoms with Gasteiger partial charge in [-0.1, -0.05) is 0 Å². The third-order valence-corrected chi connectivity index (χ3v) is 5.98. The van der Waals surface area contributed by atoms with Crippen LogP contribution < -0.4 is 10.0 Å². The molecule has 0 saturated carbocycles. The highest BCUT2D eigenvalue weighted by molar-refractivity contribution is 7.99. The van der Waals surface area contributed by atoms with Gasteiger partial charge in [-0.05, 0) is 56.7 Å². The molecule has 1 aromatic rings. The molecule has 0 aliphatic carbocycles. The maximum absolute atomic E-state index is 12.0. The zero-order valence-corrected chi connectivity index (χ0v) is 13.6. The van der Waals surface area contributed by atoms with Gasteiger partial charge in [0.15, 0.2) is 0 Å². The van der Waals surface area contributed by atoms with E-state index >= 15 is 0 Å². The highest BCUT2D eigenvalue weighted by Crippen LogP contribution is 2.21. The van der Waals surface area contributed by atoms with E-state index in [0.29, 0.717) is 10.9 Å². The number of benzene rings is 1. The minimum atomic E-state index is -3.39. The van der Waals surface area contributed by atoms with Crippen LogP contribution in [0.15, 0.2) is 29.2 Å². The van der Waals surface area contributed by atoms with Crippen LogP contribution in [0.25, 0.3) is 0 Å². The van der Waals surface area contributed by atoms with Crippen LogP contribution in [0.2, 0.25) is 0 Å². The van der Waals surface area contributed by atoms with E-state index in [2.05, 4.69) is 10.0 Å². The Hall–Kier alpha value is -0.720. The summed E-state index contributed by atoms with van der Waals surface area (Å²) in [5.41, 5.74) is 0.987. The van der Waals surface area contributed by atoms with Gasteiger partial charge in [0.05, 0.1) is 4.90 Å². The monoisotopic (exact) mass is 314 g/mol. The van der Waals surface area contributed by atoms with Crippen molar-refractivity contribution < 1.29 is 8.42 Å². The second-order valence-electron chi connectivity index (χ2n) is 5.36. The Balaban J connectivity index is 2.02. The van der Waals surface area contributed by atoms with Crippen molar-refractivity contribution in [2.75, 3.05) is 16.8 Å². The molecule has 0 aromatic heterocycles. The van der Waals surface area contributed by atoms with Crippen LogP contribution >= 0.6 is 11.8 Å². The second kappa shape index (κ2) is 6.83. The van der Waals surface area contributed by atoms with Gasteiger partial charge in [0.25, 0.3) is 0 Å². The molecule has 1 aliphatic rings. The van der Waals surface area contributed by atoms with Crippen molar-refractivity contribution in [3.63, 3.8) is 0 Å². The molecule has 0 radical (unpaired) electrons. The number of sulfonamides is 1. The summed E-state index contributed by atoms with van der Waals surface area (Å²) in [6, 6.07) is 7.39. The van der Waals surface area contributed by atoms with Crippen molar-refractivity contribution in [2.45, 2.75) is 43.7 Å². The van der Waals surface area contributed by atoms with Gasteiger partial charge >= 0.3 is 0 Å². The van der Waals surface area contributed by atoms with E-state index in [4.69, 9.17) is 0 Å². The Morgan fingerprint density at radius 1 is 1.25 bits per heavy atom. The normalized spacial score (nSPS) is 20.1. The van der Waals surface area contributed by atoms with Crippen molar-refractivity contribution in [1.29, 1.82) is 0 Å². The molecule has 0 bridgehead atoms. The fourth-order valence-corrected chi connectivity index (χ4v) is 4.52. The summed E-state index contributed by atoms with van der Waals surface area (Å²) in [4.78, 5) is 0.315. The minimum absolute atomic E-state index is 0.0999. The van der Waals surface area contributed by atoms with Gasteiger partial charge in [-0.25, -0.2) is 13.1 Å². The average molecular weight is 314 g/mol. The van der Waals surface area contributed by atoms with Crippen LogP contribution in [0.4, 0.5) is 5.69 Å². The van der Waals surface area contributed by atoms with E-state index in [-0.39, 0.29) is 6.04 Å². The van der Waals surface area contributed by atoms with E-state index in [0.717, 1.165) is 11.4 Å². The van der Waals surface area contributed by atoms with Crippen molar-refractivity contribution in [3.8, 4) is 0 Å². The van der Waals surface area contributed by atoms with Crippen molar-refractivity contribution >= 4 is 27.5 Å². The van der Waals surface area contributed by atoms with Crippen LogP contribution in [0, 0.1) is 0 Å². The summed E-state index contributed by atoms with van der Waals surface area (Å²) in [5, 5.41) is 3.46. The summed E-state index contributed by atoms with van der Waals surface area (Å²) < 4.78 is 26.6. The fourth-order valence-electron chi connectivity index (χ4n) is 2.20. The highest BCUT2D eigenvalue weighted by Gasteiger charge is 2.16. The molecule has 112 valence electrons. The Bertz CT molecular complexity index is 521. The van der Waals surface area contributed by atoms with E-state index in [9.17, 15) is 8.42 Å². The number of hydrogen-bond acceptors (Lipinski definition) is 4. The largest absolute Gasteiger partial charge is 0.381 e. The summed E-state index contributed by atoms with van der Waals surface area (Å²) in [7, 11) is -3.39. The Labute approximate surface area is 125 Å². The molecule has 0 spiro atoms. The molecule has 1 saturated heterocycles. The van der Waals surface area contributed by atoms with Gasteiger partial charge in [0, 0.05) is 23.5 Å². The maximum Gasteiger partial charge on any atom is 0.240 e. The van der Waals surface area contributed by atoms with Crippen molar-refractivity contribution in [1.82, 2.24) is 4.72 Å². The number of rotatable bonds is 5. The molecule has 2 N–H and O–H groups in total. The van der Waals surface area contributed by atoms with Gasteiger partial charge in [0.2, 0.25) is 10.0 Å². The van der Waals surface area contributed by atoms with Crippen molar-refractivity contribution in [3.05, 3.63) is 24.3 Å². The SMILES string of the molecule is CC(C)NS(=O)(=O)c1ccc(NC2CCCSC2)cc1.